The van der Waals surface area contributed by atoms with Crippen LogP contribution in [-0.2, 0) is 0 Å². The highest BCUT2D eigenvalue weighted by Crippen LogP contribution is 2.30. The van der Waals surface area contributed by atoms with Crippen LogP contribution in [0.1, 0.15) is 31.2 Å². The summed E-state index contributed by atoms with van der Waals surface area (Å²) in [5, 5.41) is 8.73. The van der Waals surface area contributed by atoms with Gasteiger partial charge in [-0.15, -0.1) is 0 Å². The van der Waals surface area contributed by atoms with Crippen LogP contribution in [-0.4, -0.2) is 6.10 Å². The maximum atomic E-state index is 8.73. The van der Waals surface area contributed by atoms with Gasteiger partial charge in [-0.25, -0.2) is 0 Å². The van der Waals surface area contributed by atoms with E-state index in [4.69, 9.17) is 10.00 Å². The summed E-state index contributed by atoms with van der Waals surface area (Å²) < 4.78 is 6.72. The van der Waals surface area contributed by atoms with E-state index in [1.807, 2.05) is 6.07 Å². The van der Waals surface area contributed by atoms with Crippen LogP contribution in [0.2, 0.25) is 0 Å². The van der Waals surface area contributed by atoms with Crippen molar-refractivity contribution in [3.8, 4) is 11.8 Å². The molecule has 0 saturated heterocycles. The second-order valence-electron chi connectivity index (χ2n) is 3.78. The third-order valence-electron chi connectivity index (χ3n) is 2.66. The first-order valence-electron chi connectivity index (χ1n) is 5.16. The summed E-state index contributed by atoms with van der Waals surface area (Å²) in [5.74, 6) is 0.848. The Kier molecular flexibility index (Phi) is 3.27. The summed E-state index contributed by atoms with van der Waals surface area (Å²) in [7, 11) is 0. The van der Waals surface area contributed by atoms with E-state index in [1.54, 1.807) is 12.1 Å². The lowest BCUT2D eigenvalue weighted by Gasteiger charge is -2.14. The molecule has 0 bridgehead atoms. The molecule has 0 radical (unpaired) electrons. The Hall–Kier alpha value is -1.01. The molecule has 0 aliphatic heterocycles. The lowest BCUT2D eigenvalue weighted by atomic mass is 10.2. The molecule has 1 saturated carbocycles. The van der Waals surface area contributed by atoms with Crippen LogP contribution < -0.4 is 4.74 Å². The molecule has 78 valence electrons. The lowest BCUT2D eigenvalue weighted by molar-refractivity contribution is 0.208. The number of halogens is 1. The van der Waals surface area contributed by atoms with Crippen molar-refractivity contribution < 1.29 is 4.74 Å². The monoisotopic (exact) mass is 265 g/mol. The fourth-order valence-electron chi connectivity index (χ4n) is 1.85. The largest absolute Gasteiger partial charge is 0.489 e. The van der Waals surface area contributed by atoms with Gasteiger partial charge >= 0.3 is 0 Å². The van der Waals surface area contributed by atoms with E-state index < -0.39 is 0 Å². The van der Waals surface area contributed by atoms with Crippen LogP contribution in [0.4, 0.5) is 0 Å². The molecule has 0 N–H and O–H groups in total. The van der Waals surface area contributed by atoms with Crippen LogP contribution in [0.25, 0.3) is 0 Å². The second kappa shape index (κ2) is 4.67. The maximum absolute atomic E-state index is 8.73. The summed E-state index contributed by atoms with van der Waals surface area (Å²) in [6.07, 6.45) is 5.17. The van der Waals surface area contributed by atoms with Crippen LogP contribution in [0.5, 0.6) is 5.75 Å². The number of ether oxygens (including phenoxy) is 1. The van der Waals surface area contributed by atoms with Crippen molar-refractivity contribution in [3.63, 3.8) is 0 Å². The molecule has 2 rings (SSSR count). The van der Waals surface area contributed by atoms with Gasteiger partial charge < -0.3 is 4.74 Å². The summed E-state index contributed by atoms with van der Waals surface area (Å²) in [6, 6.07) is 7.55. The number of nitriles is 1. The molecule has 0 atom stereocenters. The zero-order valence-corrected chi connectivity index (χ0v) is 9.96. The van der Waals surface area contributed by atoms with Crippen LogP contribution >= 0.6 is 15.9 Å². The molecule has 3 heteroatoms. The van der Waals surface area contributed by atoms with Crippen molar-refractivity contribution in [2.45, 2.75) is 31.8 Å². The predicted octanol–water partition coefficient (Wildman–Crippen LogP) is 3.64. The molecular formula is C12H12BrNO. The maximum Gasteiger partial charge on any atom is 0.133 e. The highest BCUT2D eigenvalue weighted by atomic mass is 79.9. The van der Waals surface area contributed by atoms with E-state index in [1.165, 1.54) is 12.8 Å². The molecule has 1 fully saturated rings. The number of hydrogen-bond donors (Lipinski definition) is 0. The van der Waals surface area contributed by atoms with Gasteiger partial charge in [0.2, 0.25) is 0 Å². The van der Waals surface area contributed by atoms with Gasteiger partial charge in [0.15, 0.2) is 0 Å². The van der Waals surface area contributed by atoms with Crippen molar-refractivity contribution in [1.82, 2.24) is 0 Å². The zero-order valence-electron chi connectivity index (χ0n) is 8.37. The van der Waals surface area contributed by atoms with Crippen molar-refractivity contribution >= 4 is 15.9 Å². The summed E-state index contributed by atoms with van der Waals surface area (Å²) >= 11 is 3.42. The number of rotatable bonds is 2. The van der Waals surface area contributed by atoms with E-state index in [-0.39, 0.29) is 0 Å². The molecule has 0 amide bonds. The van der Waals surface area contributed by atoms with Gasteiger partial charge in [-0.2, -0.15) is 5.26 Å². The first kappa shape index (κ1) is 10.5. The third-order valence-corrected chi connectivity index (χ3v) is 3.28. The Morgan fingerprint density at radius 1 is 1.33 bits per heavy atom. The molecule has 1 aliphatic carbocycles. The van der Waals surface area contributed by atoms with Gasteiger partial charge in [0.05, 0.1) is 22.2 Å². The predicted molar refractivity (Wildman–Crippen MR) is 61.7 cm³/mol. The van der Waals surface area contributed by atoms with Crippen molar-refractivity contribution in [2.24, 2.45) is 0 Å². The molecule has 1 aromatic carbocycles. The van der Waals surface area contributed by atoms with Crippen molar-refractivity contribution in [3.05, 3.63) is 28.2 Å². The SMILES string of the molecule is N#Cc1ccc(OC2CCCC2)c(Br)c1. The van der Waals surface area contributed by atoms with Crippen molar-refractivity contribution in [2.75, 3.05) is 0 Å². The quantitative estimate of drug-likeness (QED) is 0.818. The third kappa shape index (κ3) is 2.51. The Balaban J connectivity index is 2.11. The Labute approximate surface area is 98.0 Å². The summed E-state index contributed by atoms with van der Waals surface area (Å²) in [6.45, 7) is 0. The fraction of sp³-hybridized carbons (Fsp3) is 0.417. The summed E-state index contributed by atoms with van der Waals surface area (Å²) in [5.41, 5.74) is 0.653. The average Bonchev–Trinajstić information content (AvgIpc) is 2.74. The van der Waals surface area contributed by atoms with E-state index in [0.717, 1.165) is 23.1 Å². The molecule has 0 unspecified atom stereocenters. The second-order valence-corrected chi connectivity index (χ2v) is 4.64. The van der Waals surface area contributed by atoms with Gasteiger partial charge in [0.25, 0.3) is 0 Å². The van der Waals surface area contributed by atoms with Gasteiger partial charge in [-0.05, 0) is 59.8 Å². The smallest absolute Gasteiger partial charge is 0.133 e. The first-order chi connectivity index (χ1) is 7.29. The highest BCUT2D eigenvalue weighted by molar-refractivity contribution is 9.10. The van der Waals surface area contributed by atoms with Crippen LogP contribution in [0.15, 0.2) is 22.7 Å². The van der Waals surface area contributed by atoms with E-state index in [0.29, 0.717) is 11.7 Å². The number of nitrogens with zero attached hydrogens (tertiary/aromatic N) is 1. The van der Waals surface area contributed by atoms with Crippen molar-refractivity contribution in [1.29, 1.82) is 5.26 Å². The minimum atomic E-state index is 0.356. The molecule has 0 heterocycles. The van der Waals surface area contributed by atoms with E-state index in [2.05, 4.69) is 22.0 Å². The topological polar surface area (TPSA) is 33.0 Å². The van der Waals surface area contributed by atoms with E-state index >= 15 is 0 Å². The van der Waals surface area contributed by atoms with Gasteiger partial charge in [0.1, 0.15) is 5.75 Å². The zero-order chi connectivity index (χ0) is 10.7. The molecule has 15 heavy (non-hydrogen) atoms. The Morgan fingerprint density at radius 3 is 2.67 bits per heavy atom. The minimum Gasteiger partial charge on any atom is -0.489 e. The normalized spacial score (nSPS) is 16.3. The fourth-order valence-corrected chi connectivity index (χ4v) is 2.32. The first-order valence-corrected chi connectivity index (χ1v) is 5.95. The molecule has 0 spiro atoms. The molecule has 1 aliphatic rings. The molecule has 0 aromatic heterocycles. The van der Waals surface area contributed by atoms with Gasteiger partial charge in [0, 0.05) is 0 Å². The van der Waals surface area contributed by atoms with Gasteiger partial charge in [-0.1, -0.05) is 0 Å². The van der Waals surface area contributed by atoms with Gasteiger partial charge in [-0.3, -0.25) is 0 Å². The lowest BCUT2D eigenvalue weighted by Crippen LogP contribution is -2.11. The highest BCUT2D eigenvalue weighted by Gasteiger charge is 2.17. The molecule has 2 nitrogen and oxygen atoms in total. The standard InChI is InChI=1S/C12H12BrNO/c13-11-7-9(8-14)5-6-12(11)15-10-3-1-2-4-10/h5-7,10H,1-4H2. The van der Waals surface area contributed by atoms with E-state index in [9.17, 15) is 0 Å². The Morgan fingerprint density at radius 2 is 2.07 bits per heavy atom. The summed E-state index contributed by atoms with van der Waals surface area (Å²) in [4.78, 5) is 0. The number of benzene rings is 1. The Bertz CT molecular complexity index is 391. The van der Waals surface area contributed by atoms with Crippen LogP contribution in [0, 0.1) is 11.3 Å². The minimum absolute atomic E-state index is 0.356. The van der Waals surface area contributed by atoms with Crippen LogP contribution in [0.3, 0.4) is 0 Å². The number of hydrogen-bond acceptors (Lipinski definition) is 2. The molecule has 1 aromatic rings. The average molecular weight is 266 g/mol. The molecular weight excluding hydrogens is 254 g/mol.